The minimum Gasteiger partial charge on any atom is -0.369 e. The fraction of sp³-hybridized carbons (Fsp3) is 0.333. The van der Waals surface area contributed by atoms with E-state index in [0.29, 0.717) is 18.7 Å². The van der Waals surface area contributed by atoms with Crippen LogP contribution in [0.4, 0.5) is 5.69 Å². The number of carbonyl (C=O) groups is 1. The van der Waals surface area contributed by atoms with E-state index in [0.717, 1.165) is 42.8 Å². The lowest BCUT2D eigenvalue weighted by atomic mass is 10.1. The summed E-state index contributed by atoms with van der Waals surface area (Å²) in [6.45, 7) is 6.79. The highest BCUT2D eigenvalue weighted by molar-refractivity contribution is 5.97. The summed E-state index contributed by atoms with van der Waals surface area (Å²) in [5, 5.41) is 6.39. The Morgan fingerprint density at radius 3 is 2.71 bits per heavy atom. The maximum Gasteiger partial charge on any atom is 0.326 e. The minimum atomic E-state index is -0.153. The molecule has 2 aromatic carbocycles. The first kappa shape index (κ1) is 18.3. The van der Waals surface area contributed by atoms with Crippen LogP contribution in [0.25, 0.3) is 11.0 Å². The van der Waals surface area contributed by atoms with Gasteiger partial charge >= 0.3 is 5.69 Å². The van der Waals surface area contributed by atoms with Crippen molar-refractivity contribution in [1.29, 1.82) is 0 Å². The van der Waals surface area contributed by atoms with Crippen LogP contribution in [0, 0.1) is 0 Å². The Morgan fingerprint density at radius 1 is 1.14 bits per heavy atom. The molecule has 0 saturated carbocycles. The first-order valence-electron chi connectivity index (χ1n) is 9.71. The Hall–Kier alpha value is -3.06. The normalized spacial score (nSPS) is 14.4. The Bertz CT molecular complexity index is 1050. The number of hydrogen-bond donors (Lipinski definition) is 3. The number of H-pyrrole nitrogens is 1. The largest absolute Gasteiger partial charge is 0.369 e. The van der Waals surface area contributed by atoms with Crippen LogP contribution < -0.4 is 21.2 Å². The van der Waals surface area contributed by atoms with Crippen molar-refractivity contribution in [2.75, 3.05) is 31.1 Å². The second-order valence-corrected chi connectivity index (χ2v) is 6.95. The van der Waals surface area contributed by atoms with Gasteiger partial charge < -0.3 is 20.5 Å². The molecule has 3 aromatic rings. The number of aromatic amines is 1. The highest BCUT2D eigenvalue weighted by Crippen LogP contribution is 2.21. The summed E-state index contributed by atoms with van der Waals surface area (Å²) in [5.74, 6) is -0.145. The van der Waals surface area contributed by atoms with E-state index in [9.17, 15) is 9.59 Å². The van der Waals surface area contributed by atoms with Crippen molar-refractivity contribution in [3.8, 4) is 0 Å². The number of rotatable bonds is 5. The van der Waals surface area contributed by atoms with E-state index in [1.165, 1.54) is 5.69 Å². The van der Waals surface area contributed by atoms with Gasteiger partial charge in [0.2, 0.25) is 0 Å². The Labute approximate surface area is 163 Å². The SMILES string of the molecule is CCn1c(=O)[nH]c2ccc(C(=O)NCc3ccccc3N3CCNCC3)cc21. The van der Waals surface area contributed by atoms with E-state index in [4.69, 9.17) is 0 Å². The van der Waals surface area contributed by atoms with Crippen LogP contribution in [0.1, 0.15) is 22.8 Å². The topological polar surface area (TPSA) is 82.2 Å². The Morgan fingerprint density at radius 2 is 1.93 bits per heavy atom. The molecule has 0 atom stereocenters. The standard InChI is InChI=1S/C21H25N5O2/c1-2-26-19-13-15(7-8-17(19)24-21(26)28)20(27)23-14-16-5-3-4-6-18(16)25-11-9-22-10-12-25/h3-8,13,22H,2,9-12,14H2,1H3,(H,23,27)(H,24,28). The number of piperazine rings is 1. The summed E-state index contributed by atoms with van der Waals surface area (Å²) in [5.41, 5.74) is 4.17. The Kier molecular flexibility index (Phi) is 5.16. The minimum absolute atomic E-state index is 0.145. The van der Waals surface area contributed by atoms with Crippen LogP contribution in [0.5, 0.6) is 0 Å². The molecule has 1 aromatic heterocycles. The molecule has 146 valence electrons. The van der Waals surface area contributed by atoms with Crippen molar-refractivity contribution in [2.45, 2.75) is 20.0 Å². The molecular formula is C21H25N5O2. The number of amides is 1. The number of aromatic nitrogens is 2. The predicted molar refractivity (Wildman–Crippen MR) is 111 cm³/mol. The fourth-order valence-corrected chi connectivity index (χ4v) is 3.76. The zero-order valence-electron chi connectivity index (χ0n) is 16.0. The average Bonchev–Trinajstić information content (AvgIpc) is 3.06. The predicted octanol–water partition coefficient (Wildman–Crippen LogP) is 1.69. The maximum absolute atomic E-state index is 12.7. The highest BCUT2D eigenvalue weighted by atomic mass is 16.2. The van der Waals surface area contributed by atoms with Gasteiger partial charge in [0.25, 0.3) is 5.91 Å². The van der Waals surface area contributed by atoms with Crippen LogP contribution in [0.3, 0.4) is 0 Å². The average molecular weight is 379 g/mol. The molecule has 2 heterocycles. The number of anilines is 1. The first-order valence-corrected chi connectivity index (χ1v) is 9.71. The van der Waals surface area contributed by atoms with Crippen molar-refractivity contribution in [3.05, 3.63) is 64.1 Å². The molecule has 28 heavy (non-hydrogen) atoms. The van der Waals surface area contributed by atoms with E-state index < -0.39 is 0 Å². The van der Waals surface area contributed by atoms with E-state index in [-0.39, 0.29) is 11.6 Å². The second-order valence-electron chi connectivity index (χ2n) is 6.95. The summed E-state index contributed by atoms with van der Waals surface area (Å²) in [6.07, 6.45) is 0. The van der Waals surface area contributed by atoms with Gasteiger partial charge in [0.15, 0.2) is 0 Å². The maximum atomic E-state index is 12.7. The van der Waals surface area contributed by atoms with Crippen molar-refractivity contribution in [1.82, 2.24) is 20.2 Å². The second kappa shape index (κ2) is 7.90. The van der Waals surface area contributed by atoms with Crippen LogP contribution >= 0.6 is 0 Å². The molecule has 0 spiro atoms. The van der Waals surface area contributed by atoms with E-state index in [1.807, 2.05) is 19.1 Å². The lowest BCUT2D eigenvalue weighted by molar-refractivity contribution is 0.0951. The van der Waals surface area contributed by atoms with Gasteiger partial charge in [-0.1, -0.05) is 18.2 Å². The van der Waals surface area contributed by atoms with Crippen LogP contribution in [0.15, 0.2) is 47.3 Å². The first-order chi connectivity index (χ1) is 13.7. The van der Waals surface area contributed by atoms with Gasteiger partial charge in [-0.2, -0.15) is 0 Å². The monoisotopic (exact) mass is 379 g/mol. The van der Waals surface area contributed by atoms with Gasteiger partial charge in [0.1, 0.15) is 0 Å². The molecule has 1 amide bonds. The third-order valence-electron chi connectivity index (χ3n) is 5.24. The molecule has 7 nitrogen and oxygen atoms in total. The number of imidazole rings is 1. The molecule has 1 aliphatic rings. The summed E-state index contributed by atoms with van der Waals surface area (Å²) in [7, 11) is 0. The molecule has 3 N–H and O–H groups in total. The van der Waals surface area contributed by atoms with Crippen molar-refractivity contribution in [2.24, 2.45) is 0 Å². The number of carbonyl (C=O) groups excluding carboxylic acids is 1. The van der Waals surface area contributed by atoms with Gasteiger partial charge in [-0.25, -0.2) is 4.79 Å². The molecule has 1 aliphatic heterocycles. The number of fused-ring (bicyclic) bond motifs is 1. The van der Waals surface area contributed by atoms with Gasteiger partial charge in [0, 0.05) is 50.5 Å². The third-order valence-corrected chi connectivity index (χ3v) is 5.24. The van der Waals surface area contributed by atoms with Crippen LogP contribution in [-0.2, 0) is 13.1 Å². The van der Waals surface area contributed by atoms with Gasteiger partial charge in [-0.05, 0) is 36.8 Å². The smallest absolute Gasteiger partial charge is 0.326 e. The van der Waals surface area contributed by atoms with Gasteiger partial charge in [-0.15, -0.1) is 0 Å². The van der Waals surface area contributed by atoms with Crippen molar-refractivity contribution in [3.63, 3.8) is 0 Å². The molecule has 4 rings (SSSR count). The molecule has 1 saturated heterocycles. The lowest BCUT2D eigenvalue weighted by Crippen LogP contribution is -2.44. The number of benzene rings is 2. The third kappa shape index (κ3) is 3.53. The quantitative estimate of drug-likeness (QED) is 0.630. The number of aryl methyl sites for hydroxylation is 1. The van der Waals surface area contributed by atoms with Crippen LogP contribution in [0.2, 0.25) is 0 Å². The molecule has 0 radical (unpaired) electrons. The van der Waals surface area contributed by atoms with Crippen molar-refractivity contribution >= 4 is 22.6 Å². The summed E-state index contributed by atoms with van der Waals surface area (Å²) in [4.78, 5) is 29.8. The zero-order valence-corrected chi connectivity index (χ0v) is 16.0. The highest BCUT2D eigenvalue weighted by Gasteiger charge is 2.15. The Balaban J connectivity index is 1.52. The van der Waals surface area contributed by atoms with Gasteiger partial charge in [0.05, 0.1) is 11.0 Å². The molecule has 0 aliphatic carbocycles. The molecule has 7 heteroatoms. The van der Waals surface area contributed by atoms with E-state index >= 15 is 0 Å². The number of nitrogens with zero attached hydrogens (tertiary/aromatic N) is 2. The van der Waals surface area contributed by atoms with Crippen LogP contribution in [-0.4, -0.2) is 41.6 Å². The summed E-state index contributed by atoms with van der Waals surface area (Å²) < 4.78 is 1.63. The van der Waals surface area contributed by atoms with E-state index in [2.05, 4.69) is 32.7 Å². The number of para-hydroxylation sites is 1. The van der Waals surface area contributed by atoms with E-state index in [1.54, 1.807) is 22.8 Å². The molecular weight excluding hydrogens is 354 g/mol. The number of nitrogens with one attached hydrogen (secondary N) is 3. The fourth-order valence-electron chi connectivity index (χ4n) is 3.76. The molecule has 1 fully saturated rings. The lowest BCUT2D eigenvalue weighted by Gasteiger charge is -2.31. The van der Waals surface area contributed by atoms with Gasteiger partial charge in [-0.3, -0.25) is 9.36 Å². The summed E-state index contributed by atoms with van der Waals surface area (Å²) >= 11 is 0. The molecule has 0 unspecified atom stereocenters. The summed E-state index contributed by atoms with van der Waals surface area (Å²) in [6, 6.07) is 13.5. The van der Waals surface area contributed by atoms with Crippen molar-refractivity contribution < 1.29 is 4.79 Å². The number of hydrogen-bond acceptors (Lipinski definition) is 4. The molecule has 0 bridgehead atoms. The zero-order chi connectivity index (χ0) is 19.5.